The average Bonchev–Trinajstić information content (AvgIpc) is 2.48. The van der Waals surface area contributed by atoms with Crippen LogP contribution in [0.15, 0.2) is 35.9 Å². The van der Waals surface area contributed by atoms with Crippen LogP contribution in [0.25, 0.3) is 6.08 Å². The van der Waals surface area contributed by atoms with E-state index in [9.17, 15) is 4.79 Å². The number of rotatable bonds is 6. The summed E-state index contributed by atoms with van der Waals surface area (Å²) in [5, 5.41) is 17.3. The van der Waals surface area contributed by atoms with E-state index in [2.05, 4.69) is 0 Å². The first-order valence-electron chi connectivity index (χ1n) is 6.45. The number of carbonyl (C=O) groups is 1. The number of carbonyl (C=O) groups excluding carboxylic acids is 1. The van der Waals surface area contributed by atoms with Crippen molar-refractivity contribution >= 4 is 12.0 Å². The maximum Gasteiger partial charge on any atom is 0.249 e. The molecule has 0 unspecified atom stereocenters. The second kappa shape index (κ2) is 8.50. The van der Waals surface area contributed by atoms with Gasteiger partial charge in [-0.3, -0.25) is 4.79 Å². The second-order valence-electron chi connectivity index (χ2n) is 4.35. The smallest absolute Gasteiger partial charge is 0.249 e. The van der Waals surface area contributed by atoms with Gasteiger partial charge in [0.15, 0.2) is 0 Å². The van der Waals surface area contributed by atoms with Gasteiger partial charge in [0.25, 0.3) is 0 Å². The highest BCUT2D eigenvalue weighted by molar-refractivity contribution is 5.97. The molecular weight excluding hydrogens is 250 g/mol. The van der Waals surface area contributed by atoms with Crippen LogP contribution in [-0.2, 0) is 4.79 Å². The van der Waals surface area contributed by atoms with E-state index in [0.29, 0.717) is 18.7 Å². The summed E-state index contributed by atoms with van der Waals surface area (Å²) in [6, 6.07) is 13.6. The molecule has 0 aliphatic carbocycles. The van der Waals surface area contributed by atoms with Crippen molar-refractivity contribution in [3.05, 3.63) is 41.5 Å². The van der Waals surface area contributed by atoms with Gasteiger partial charge < -0.3 is 4.90 Å². The fourth-order valence-corrected chi connectivity index (χ4v) is 1.80. The Bertz CT molecular complexity index is 531. The number of amides is 1. The Kier molecular flexibility index (Phi) is 6.57. The normalized spacial score (nSPS) is 10.4. The third kappa shape index (κ3) is 4.96. The van der Waals surface area contributed by atoms with Crippen LogP contribution in [-0.4, -0.2) is 23.9 Å². The molecule has 0 radical (unpaired) electrons. The standard InChI is InChI=1S/C16H17N3O/c1-14(13-15-7-3-2-4-8-15)16(20)19(11-5-9-17)12-6-10-18/h2-4,7-8,13H,5-6,11-12H2,1H3/b14-13+. The predicted molar refractivity (Wildman–Crippen MR) is 77.1 cm³/mol. The van der Waals surface area contributed by atoms with Crippen molar-refractivity contribution in [3.63, 3.8) is 0 Å². The minimum Gasteiger partial charge on any atom is -0.337 e. The lowest BCUT2D eigenvalue weighted by atomic mass is 10.1. The van der Waals surface area contributed by atoms with Gasteiger partial charge in [0.1, 0.15) is 0 Å². The van der Waals surface area contributed by atoms with Gasteiger partial charge in [0.2, 0.25) is 5.91 Å². The van der Waals surface area contributed by atoms with Crippen molar-refractivity contribution in [2.24, 2.45) is 0 Å². The molecule has 0 aromatic heterocycles. The maximum absolute atomic E-state index is 12.3. The molecule has 20 heavy (non-hydrogen) atoms. The summed E-state index contributed by atoms with van der Waals surface area (Å²) in [5.74, 6) is -0.126. The first-order chi connectivity index (χ1) is 9.69. The van der Waals surface area contributed by atoms with Crippen LogP contribution < -0.4 is 0 Å². The van der Waals surface area contributed by atoms with Crippen LogP contribution in [0.5, 0.6) is 0 Å². The van der Waals surface area contributed by atoms with Crippen molar-refractivity contribution < 1.29 is 4.79 Å². The lowest BCUT2D eigenvalue weighted by Crippen LogP contribution is -2.33. The fraction of sp³-hybridized carbons (Fsp3) is 0.312. The highest BCUT2D eigenvalue weighted by atomic mass is 16.2. The summed E-state index contributed by atoms with van der Waals surface area (Å²) < 4.78 is 0. The largest absolute Gasteiger partial charge is 0.337 e. The summed E-state index contributed by atoms with van der Waals surface area (Å²) >= 11 is 0. The Morgan fingerprint density at radius 2 is 1.70 bits per heavy atom. The molecule has 0 atom stereocenters. The molecule has 0 spiro atoms. The molecule has 0 N–H and O–H groups in total. The molecule has 4 heteroatoms. The zero-order chi connectivity index (χ0) is 14.8. The Morgan fingerprint density at radius 1 is 1.15 bits per heavy atom. The molecule has 1 aromatic carbocycles. The Labute approximate surface area is 119 Å². The quantitative estimate of drug-likeness (QED) is 0.744. The molecule has 102 valence electrons. The molecule has 1 rings (SSSR count). The van der Waals surface area contributed by atoms with Crippen LogP contribution in [0.1, 0.15) is 25.3 Å². The molecule has 1 aromatic rings. The van der Waals surface area contributed by atoms with Crippen molar-refractivity contribution in [1.82, 2.24) is 4.90 Å². The van der Waals surface area contributed by atoms with E-state index in [1.165, 1.54) is 0 Å². The van der Waals surface area contributed by atoms with E-state index in [4.69, 9.17) is 10.5 Å². The van der Waals surface area contributed by atoms with Crippen molar-refractivity contribution in [1.29, 1.82) is 10.5 Å². The van der Waals surface area contributed by atoms with E-state index in [-0.39, 0.29) is 18.7 Å². The molecule has 0 aliphatic heterocycles. The first kappa shape index (κ1) is 15.5. The predicted octanol–water partition coefficient (Wildman–Crippen LogP) is 2.75. The number of nitrogens with zero attached hydrogens (tertiary/aromatic N) is 3. The number of hydrogen-bond acceptors (Lipinski definition) is 3. The van der Waals surface area contributed by atoms with Gasteiger partial charge in [0, 0.05) is 18.7 Å². The van der Waals surface area contributed by atoms with Crippen LogP contribution in [0.4, 0.5) is 0 Å². The van der Waals surface area contributed by atoms with Crippen molar-refractivity contribution in [2.45, 2.75) is 19.8 Å². The average molecular weight is 267 g/mol. The topological polar surface area (TPSA) is 67.9 Å². The van der Waals surface area contributed by atoms with E-state index in [1.54, 1.807) is 11.8 Å². The van der Waals surface area contributed by atoms with Crippen LogP contribution in [0, 0.1) is 22.7 Å². The molecule has 0 saturated heterocycles. The molecular formula is C16H17N3O. The van der Waals surface area contributed by atoms with Crippen molar-refractivity contribution in [2.75, 3.05) is 13.1 Å². The van der Waals surface area contributed by atoms with Crippen LogP contribution in [0.2, 0.25) is 0 Å². The molecule has 1 amide bonds. The Hall–Kier alpha value is -2.59. The number of nitriles is 2. The zero-order valence-electron chi connectivity index (χ0n) is 11.5. The summed E-state index contributed by atoms with van der Waals surface area (Å²) in [6.45, 7) is 2.47. The molecule has 0 fully saturated rings. The van der Waals surface area contributed by atoms with Crippen LogP contribution in [0.3, 0.4) is 0 Å². The monoisotopic (exact) mass is 267 g/mol. The van der Waals surface area contributed by atoms with E-state index in [0.717, 1.165) is 5.56 Å². The first-order valence-corrected chi connectivity index (χ1v) is 6.45. The SMILES string of the molecule is C/C(=C\c1ccccc1)C(=O)N(CCC#N)CCC#N. The lowest BCUT2D eigenvalue weighted by Gasteiger charge is -2.20. The third-order valence-corrected chi connectivity index (χ3v) is 2.79. The minimum atomic E-state index is -0.126. The highest BCUT2D eigenvalue weighted by Crippen LogP contribution is 2.10. The summed E-state index contributed by atoms with van der Waals surface area (Å²) in [5.41, 5.74) is 1.56. The molecule has 0 bridgehead atoms. The molecule has 0 aliphatic rings. The highest BCUT2D eigenvalue weighted by Gasteiger charge is 2.14. The Morgan fingerprint density at radius 3 is 2.20 bits per heavy atom. The lowest BCUT2D eigenvalue weighted by molar-refractivity contribution is -0.126. The molecule has 0 saturated carbocycles. The summed E-state index contributed by atoms with van der Waals surface area (Å²) in [6.07, 6.45) is 2.36. The van der Waals surface area contributed by atoms with E-state index in [1.807, 2.05) is 48.5 Å². The maximum atomic E-state index is 12.3. The van der Waals surface area contributed by atoms with Gasteiger partial charge in [-0.25, -0.2) is 0 Å². The molecule has 0 heterocycles. The van der Waals surface area contributed by atoms with E-state index < -0.39 is 0 Å². The van der Waals surface area contributed by atoms with Crippen molar-refractivity contribution in [3.8, 4) is 12.1 Å². The number of benzene rings is 1. The zero-order valence-corrected chi connectivity index (χ0v) is 11.5. The van der Waals surface area contributed by atoms with E-state index >= 15 is 0 Å². The van der Waals surface area contributed by atoms with Gasteiger partial charge in [0.05, 0.1) is 25.0 Å². The Balaban J connectivity index is 2.80. The summed E-state index contributed by atoms with van der Waals surface area (Å²) in [7, 11) is 0. The van der Waals surface area contributed by atoms with Gasteiger partial charge in [-0.2, -0.15) is 10.5 Å². The van der Waals surface area contributed by atoms with Gasteiger partial charge >= 0.3 is 0 Å². The van der Waals surface area contributed by atoms with Gasteiger partial charge in [-0.15, -0.1) is 0 Å². The van der Waals surface area contributed by atoms with Gasteiger partial charge in [-0.05, 0) is 18.6 Å². The third-order valence-electron chi connectivity index (χ3n) is 2.79. The summed E-state index contributed by atoms with van der Waals surface area (Å²) in [4.78, 5) is 13.9. The number of hydrogen-bond donors (Lipinski definition) is 0. The second-order valence-corrected chi connectivity index (χ2v) is 4.35. The molecule has 4 nitrogen and oxygen atoms in total. The fourth-order valence-electron chi connectivity index (χ4n) is 1.80. The van der Waals surface area contributed by atoms with Gasteiger partial charge in [-0.1, -0.05) is 30.3 Å². The minimum absolute atomic E-state index is 0.126. The van der Waals surface area contributed by atoms with Crippen LogP contribution >= 0.6 is 0 Å².